The Morgan fingerprint density at radius 3 is 2.79 bits per heavy atom. The van der Waals surface area contributed by atoms with Crippen molar-refractivity contribution in [3.05, 3.63) is 70.4 Å². The van der Waals surface area contributed by atoms with Gasteiger partial charge in [-0.2, -0.15) is 0 Å². The zero-order valence-corrected chi connectivity index (χ0v) is 13.8. The minimum absolute atomic E-state index is 0.608. The van der Waals surface area contributed by atoms with E-state index in [2.05, 4.69) is 17.1 Å². The van der Waals surface area contributed by atoms with Crippen LogP contribution in [0.25, 0.3) is 10.9 Å². The molecule has 2 aromatic carbocycles. The molecule has 1 atom stereocenters. The maximum atomic E-state index is 12.0. The Morgan fingerprint density at radius 1 is 1.21 bits per heavy atom. The second-order valence-electron chi connectivity index (χ2n) is 6.16. The van der Waals surface area contributed by atoms with E-state index in [9.17, 15) is 9.90 Å². The lowest BCUT2D eigenvalue weighted by molar-refractivity contribution is -0.144. The van der Waals surface area contributed by atoms with Gasteiger partial charge in [0, 0.05) is 40.8 Å². The summed E-state index contributed by atoms with van der Waals surface area (Å²) in [5, 5.41) is 11.4. The van der Waals surface area contributed by atoms with Crippen molar-refractivity contribution in [2.75, 3.05) is 6.54 Å². The lowest BCUT2D eigenvalue weighted by Crippen LogP contribution is -2.38. The minimum atomic E-state index is -0.838. The van der Waals surface area contributed by atoms with Crippen molar-refractivity contribution >= 4 is 28.5 Å². The number of rotatable bonds is 3. The third-order valence-corrected chi connectivity index (χ3v) is 4.96. The Hall–Kier alpha value is -2.30. The van der Waals surface area contributed by atoms with E-state index in [0.29, 0.717) is 11.6 Å². The van der Waals surface area contributed by atoms with E-state index in [-0.39, 0.29) is 0 Å². The number of hydrogen-bond donors (Lipinski definition) is 2. The van der Waals surface area contributed by atoms with E-state index in [0.717, 1.165) is 29.4 Å². The van der Waals surface area contributed by atoms with Gasteiger partial charge in [-0.1, -0.05) is 35.9 Å². The Labute approximate surface area is 144 Å². The summed E-state index contributed by atoms with van der Waals surface area (Å²) in [7, 11) is 0. The monoisotopic (exact) mass is 340 g/mol. The zero-order chi connectivity index (χ0) is 16.7. The van der Waals surface area contributed by atoms with Gasteiger partial charge in [-0.25, -0.2) is 0 Å². The van der Waals surface area contributed by atoms with Gasteiger partial charge in [0.25, 0.3) is 0 Å². The number of aliphatic carboxylic acids is 1. The first-order valence-electron chi connectivity index (χ1n) is 7.93. The number of benzene rings is 2. The first-order chi connectivity index (χ1) is 11.6. The molecule has 0 fully saturated rings. The Morgan fingerprint density at radius 2 is 2.00 bits per heavy atom. The van der Waals surface area contributed by atoms with Gasteiger partial charge in [-0.15, -0.1) is 0 Å². The zero-order valence-electron chi connectivity index (χ0n) is 13.0. The Balaban J connectivity index is 1.75. The van der Waals surface area contributed by atoms with E-state index >= 15 is 0 Å². The van der Waals surface area contributed by atoms with Crippen LogP contribution < -0.4 is 0 Å². The number of aromatic nitrogens is 1. The predicted molar refractivity (Wildman–Crippen MR) is 94.2 cm³/mol. The van der Waals surface area contributed by atoms with Gasteiger partial charge in [0.2, 0.25) is 0 Å². The van der Waals surface area contributed by atoms with Crippen molar-refractivity contribution < 1.29 is 9.90 Å². The molecular formula is C19H17ClN2O2. The summed E-state index contributed by atoms with van der Waals surface area (Å²) in [6, 6.07) is 13.1. The topological polar surface area (TPSA) is 56.3 Å². The highest BCUT2D eigenvalue weighted by Crippen LogP contribution is 2.33. The molecular weight excluding hydrogens is 324 g/mol. The predicted octanol–water partition coefficient (Wildman–Crippen LogP) is 4.01. The summed E-state index contributed by atoms with van der Waals surface area (Å²) in [6.07, 6.45) is 2.66. The van der Waals surface area contributed by atoms with Crippen LogP contribution >= 0.6 is 11.6 Å². The van der Waals surface area contributed by atoms with Gasteiger partial charge in [0.1, 0.15) is 6.04 Å². The molecule has 0 amide bonds. The second kappa shape index (κ2) is 5.96. The number of H-pyrrole nitrogens is 1. The van der Waals surface area contributed by atoms with Crippen LogP contribution in [0.5, 0.6) is 0 Å². The normalized spacial score (nSPS) is 16.0. The molecule has 1 aliphatic heterocycles. The van der Waals surface area contributed by atoms with E-state index in [1.165, 1.54) is 11.1 Å². The molecule has 2 N–H and O–H groups in total. The summed E-state index contributed by atoms with van der Waals surface area (Å²) < 4.78 is 0. The average molecular weight is 341 g/mol. The number of nitrogens with one attached hydrogen (secondary N) is 1. The van der Waals surface area contributed by atoms with Gasteiger partial charge < -0.3 is 10.1 Å². The number of hydrogen-bond acceptors (Lipinski definition) is 2. The maximum Gasteiger partial charge on any atom is 0.325 e. The molecule has 0 saturated heterocycles. The molecule has 0 spiro atoms. The number of halogens is 1. The second-order valence-corrected chi connectivity index (χ2v) is 6.60. The summed E-state index contributed by atoms with van der Waals surface area (Å²) in [5.41, 5.74) is 4.17. The SMILES string of the molecule is O=C(O)C(c1c[nH]c2ccc(Cl)cc12)N1CCc2ccccc2C1. The minimum Gasteiger partial charge on any atom is -0.480 e. The third kappa shape index (κ3) is 2.58. The van der Waals surface area contributed by atoms with Crippen LogP contribution in [-0.4, -0.2) is 27.5 Å². The quantitative estimate of drug-likeness (QED) is 0.757. The molecule has 0 aliphatic carbocycles. The summed E-state index contributed by atoms with van der Waals surface area (Å²) in [4.78, 5) is 17.2. The van der Waals surface area contributed by atoms with Crippen LogP contribution in [0.4, 0.5) is 0 Å². The van der Waals surface area contributed by atoms with E-state index in [4.69, 9.17) is 11.6 Å². The average Bonchev–Trinajstić information content (AvgIpc) is 2.97. The van der Waals surface area contributed by atoms with E-state index < -0.39 is 12.0 Å². The smallest absolute Gasteiger partial charge is 0.325 e. The summed E-state index contributed by atoms with van der Waals surface area (Å²) >= 11 is 6.11. The number of carboxylic acid groups (broad SMARTS) is 1. The number of carboxylic acids is 1. The molecule has 4 nitrogen and oxygen atoms in total. The Bertz CT molecular complexity index is 919. The molecule has 1 aromatic heterocycles. The van der Waals surface area contributed by atoms with Gasteiger partial charge in [0.05, 0.1) is 0 Å². The number of fused-ring (bicyclic) bond motifs is 2. The number of aromatic amines is 1. The van der Waals surface area contributed by atoms with Crippen molar-refractivity contribution in [1.29, 1.82) is 0 Å². The molecule has 0 saturated carbocycles. The fourth-order valence-electron chi connectivity index (χ4n) is 3.56. The van der Waals surface area contributed by atoms with E-state index in [1.807, 2.05) is 29.2 Å². The molecule has 0 bridgehead atoms. The highest BCUT2D eigenvalue weighted by atomic mass is 35.5. The molecule has 3 aromatic rings. The van der Waals surface area contributed by atoms with Gasteiger partial charge >= 0.3 is 5.97 Å². The van der Waals surface area contributed by atoms with Crippen LogP contribution in [0.1, 0.15) is 22.7 Å². The third-order valence-electron chi connectivity index (χ3n) is 4.73. The van der Waals surface area contributed by atoms with Crippen LogP contribution in [0, 0.1) is 0 Å². The highest BCUT2D eigenvalue weighted by molar-refractivity contribution is 6.31. The van der Waals surface area contributed by atoms with Crippen molar-refractivity contribution in [3.63, 3.8) is 0 Å². The fourth-order valence-corrected chi connectivity index (χ4v) is 3.74. The number of carbonyl (C=O) groups is 1. The van der Waals surface area contributed by atoms with Crippen molar-refractivity contribution in [1.82, 2.24) is 9.88 Å². The van der Waals surface area contributed by atoms with Crippen LogP contribution in [0.15, 0.2) is 48.7 Å². The molecule has 4 rings (SSSR count). The lowest BCUT2D eigenvalue weighted by Gasteiger charge is -2.33. The molecule has 2 heterocycles. The standard InChI is InChI=1S/C19H17ClN2O2/c20-14-5-6-17-15(9-14)16(10-21-17)18(19(23)24)22-8-7-12-3-1-2-4-13(12)11-22/h1-6,9-10,18,21H,7-8,11H2,(H,23,24). The van der Waals surface area contributed by atoms with Crippen LogP contribution in [0.2, 0.25) is 5.02 Å². The largest absolute Gasteiger partial charge is 0.480 e. The summed E-state index contributed by atoms with van der Waals surface area (Å²) in [5.74, 6) is -0.838. The van der Waals surface area contributed by atoms with E-state index in [1.54, 1.807) is 12.3 Å². The first-order valence-corrected chi connectivity index (χ1v) is 8.31. The van der Waals surface area contributed by atoms with Crippen molar-refractivity contribution in [3.8, 4) is 0 Å². The molecule has 1 aliphatic rings. The van der Waals surface area contributed by atoms with Crippen LogP contribution in [0.3, 0.4) is 0 Å². The maximum absolute atomic E-state index is 12.0. The number of nitrogens with zero attached hydrogens (tertiary/aromatic N) is 1. The molecule has 1 unspecified atom stereocenters. The fraction of sp³-hybridized carbons (Fsp3) is 0.211. The summed E-state index contributed by atoms with van der Waals surface area (Å²) in [6.45, 7) is 1.36. The Kier molecular flexibility index (Phi) is 3.79. The van der Waals surface area contributed by atoms with Crippen LogP contribution in [-0.2, 0) is 17.8 Å². The van der Waals surface area contributed by atoms with Gasteiger partial charge in [-0.05, 0) is 35.7 Å². The first kappa shape index (κ1) is 15.2. The highest BCUT2D eigenvalue weighted by Gasteiger charge is 2.31. The van der Waals surface area contributed by atoms with Gasteiger partial charge in [0.15, 0.2) is 0 Å². The molecule has 5 heteroatoms. The van der Waals surface area contributed by atoms with Gasteiger partial charge in [-0.3, -0.25) is 9.69 Å². The lowest BCUT2D eigenvalue weighted by atomic mass is 9.96. The molecule has 122 valence electrons. The van der Waals surface area contributed by atoms with Crippen molar-refractivity contribution in [2.45, 2.75) is 19.0 Å². The molecule has 24 heavy (non-hydrogen) atoms. The van der Waals surface area contributed by atoms with Crippen molar-refractivity contribution in [2.24, 2.45) is 0 Å². The molecule has 0 radical (unpaired) electrons.